The number of hydrogen-bond donors (Lipinski definition) is 2. The first-order chi connectivity index (χ1) is 9.44. The number of nitrogens with one attached hydrogen (secondary N) is 2. The Labute approximate surface area is 119 Å². The minimum Gasteiger partial charge on any atom is -0.444 e. The lowest BCUT2D eigenvalue weighted by Crippen LogP contribution is -2.38. The smallest absolute Gasteiger partial charge is 0.410 e. The van der Waals surface area contributed by atoms with Crippen molar-refractivity contribution in [1.29, 1.82) is 0 Å². The number of H-pyrrole nitrogens is 1. The summed E-state index contributed by atoms with van der Waals surface area (Å²) in [5.41, 5.74) is -0.436. The molecule has 2 heterocycles. The van der Waals surface area contributed by atoms with Gasteiger partial charge in [0.2, 0.25) is 0 Å². The predicted molar refractivity (Wildman–Crippen MR) is 74.3 cm³/mol. The molecule has 2 N–H and O–H groups in total. The molecule has 1 fully saturated rings. The van der Waals surface area contributed by atoms with Gasteiger partial charge in [-0.2, -0.15) is 5.10 Å². The Morgan fingerprint density at radius 2 is 2.40 bits per heavy atom. The normalized spacial score (nSPS) is 19.4. The summed E-state index contributed by atoms with van der Waals surface area (Å²) in [6.45, 7) is 7.92. The Bertz CT molecular complexity index is 426. The van der Waals surface area contributed by atoms with Crippen molar-refractivity contribution in [3.63, 3.8) is 0 Å². The van der Waals surface area contributed by atoms with Gasteiger partial charge in [-0.15, -0.1) is 0 Å². The first-order valence-electron chi connectivity index (χ1n) is 6.99. The monoisotopic (exact) mass is 281 g/mol. The van der Waals surface area contributed by atoms with Gasteiger partial charge in [-0.25, -0.2) is 9.78 Å². The summed E-state index contributed by atoms with van der Waals surface area (Å²) in [5, 5.41) is 10.1. The molecule has 112 valence electrons. The summed E-state index contributed by atoms with van der Waals surface area (Å²) in [6.07, 6.45) is 3.05. The minimum absolute atomic E-state index is 0.225. The molecule has 0 bridgehead atoms. The number of carbonyl (C=O) groups excluding carboxylic acids is 1. The van der Waals surface area contributed by atoms with Crippen LogP contribution in [0.25, 0.3) is 0 Å². The van der Waals surface area contributed by atoms with Crippen molar-refractivity contribution in [1.82, 2.24) is 25.4 Å². The average Bonchev–Trinajstić information content (AvgIpc) is 2.97. The molecular weight excluding hydrogens is 258 g/mol. The molecule has 0 aromatic carbocycles. The van der Waals surface area contributed by atoms with Crippen LogP contribution in [0, 0.1) is 0 Å². The van der Waals surface area contributed by atoms with Gasteiger partial charge in [-0.3, -0.25) is 5.10 Å². The number of aromatic amines is 1. The molecule has 1 aromatic heterocycles. The number of ether oxygens (including phenoxy) is 1. The second kappa shape index (κ2) is 6.21. The molecule has 1 amide bonds. The molecule has 0 saturated carbocycles. The molecule has 1 aliphatic rings. The Balaban J connectivity index is 1.68. The summed E-state index contributed by atoms with van der Waals surface area (Å²) < 4.78 is 5.37. The highest BCUT2D eigenvalue weighted by molar-refractivity contribution is 5.68. The van der Waals surface area contributed by atoms with E-state index in [4.69, 9.17) is 4.74 Å². The van der Waals surface area contributed by atoms with E-state index in [1.165, 1.54) is 6.33 Å². The summed E-state index contributed by atoms with van der Waals surface area (Å²) in [4.78, 5) is 17.8. The summed E-state index contributed by atoms with van der Waals surface area (Å²) >= 11 is 0. The van der Waals surface area contributed by atoms with Crippen molar-refractivity contribution < 1.29 is 9.53 Å². The van der Waals surface area contributed by atoms with Gasteiger partial charge in [-0.1, -0.05) is 0 Å². The summed E-state index contributed by atoms with van der Waals surface area (Å²) in [5.74, 6) is 0.875. The Hall–Kier alpha value is -1.63. The van der Waals surface area contributed by atoms with E-state index < -0.39 is 5.60 Å². The zero-order valence-corrected chi connectivity index (χ0v) is 12.3. The number of nitrogens with zero attached hydrogens (tertiary/aromatic N) is 3. The van der Waals surface area contributed by atoms with Crippen LogP contribution >= 0.6 is 0 Å². The first-order valence-corrected chi connectivity index (χ1v) is 6.99. The van der Waals surface area contributed by atoms with E-state index in [-0.39, 0.29) is 6.09 Å². The zero-order chi connectivity index (χ0) is 14.6. The number of amides is 1. The number of carbonyl (C=O) groups is 1. The molecule has 7 nitrogen and oxygen atoms in total. The summed E-state index contributed by atoms with van der Waals surface area (Å²) in [7, 11) is 0. The number of hydrogen-bond acceptors (Lipinski definition) is 5. The lowest BCUT2D eigenvalue weighted by Gasteiger charge is -2.24. The minimum atomic E-state index is -0.436. The Morgan fingerprint density at radius 3 is 3.05 bits per heavy atom. The third-order valence-corrected chi connectivity index (χ3v) is 3.10. The van der Waals surface area contributed by atoms with Crippen molar-refractivity contribution in [2.75, 3.05) is 19.6 Å². The third kappa shape index (κ3) is 4.48. The fraction of sp³-hybridized carbons (Fsp3) is 0.769. The van der Waals surface area contributed by atoms with Crippen LogP contribution in [0.3, 0.4) is 0 Å². The quantitative estimate of drug-likeness (QED) is 0.858. The highest BCUT2D eigenvalue weighted by Crippen LogP contribution is 2.15. The molecule has 7 heteroatoms. The second-order valence-electron chi connectivity index (χ2n) is 6.05. The van der Waals surface area contributed by atoms with Crippen LogP contribution in [-0.4, -0.2) is 57.5 Å². The van der Waals surface area contributed by atoms with Gasteiger partial charge in [0.15, 0.2) is 0 Å². The van der Waals surface area contributed by atoms with Crippen LogP contribution in [0.15, 0.2) is 6.33 Å². The number of likely N-dealkylation sites (tertiary alicyclic amines) is 1. The SMILES string of the molecule is CC(C)(C)OC(=O)N1CCC(NCCc2ncn[nH]2)C1. The maximum absolute atomic E-state index is 11.9. The standard InChI is InChI=1S/C13H23N5O2/c1-13(2,3)20-12(19)18-7-5-10(8-18)14-6-4-11-15-9-16-17-11/h9-10,14H,4-8H2,1-3H3,(H,15,16,17). The van der Waals surface area contributed by atoms with Crippen molar-refractivity contribution in [3.05, 3.63) is 12.2 Å². The lowest BCUT2D eigenvalue weighted by molar-refractivity contribution is 0.0291. The molecule has 0 spiro atoms. The van der Waals surface area contributed by atoms with Gasteiger partial charge >= 0.3 is 6.09 Å². The van der Waals surface area contributed by atoms with E-state index >= 15 is 0 Å². The van der Waals surface area contributed by atoms with Crippen LogP contribution in [0.1, 0.15) is 33.0 Å². The molecule has 1 atom stereocenters. The highest BCUT2D eigenvalue weighted by atomic mass is 16.6. The molecule has 1 aliphatic heterocycles. The third-order valence-electron chi connectivity index (χ3n) is 3.10. The van der Waals surface area contributed by atoms with Crippen molar-refractivity contribution >= 4 is 6.09 Å². The van der Waals surface area contributed by atoms with E-state index in [0.717, 1.165) is 31.8 Å². The maximum Gasteiger partial charge on any atom is 0.410 e. The van der Waals surface area contributed by atoms with Crippen LogP contribution in [0.4, 0.5) is 4.79 Å². The second-order valence-corrected chi connectivity index (χ2v) is 6.05. The first kappa shape index (κ1) is 14.8. The van der Waals surface area contributed by atoms with Gasteiger partial charge < -0.3 is 15.0 Å². The van der Waals surface area contributed by atoms with Gasteiger partial charge in [0.25, 0.3) is 0 Å². The van der Waals surface area contributed by atoms with Crippen molar-refractivity contribution in [3.8, 4) is 0 Å². The molecule has 2 rings (SSSR count). The fourth-order valence-corrected chi connectivity index (χ4v) is 2.17. The predicted octanol–water partition coefficient (Wildman–Crippen LogP) is 0.946. The van der Waals surface area contributed by atoms with E-state index in [9.17, 15) is 4.79 Å². The van der Waals surface area contributed by atoms with E-state index in [1.807, 2.05) is 20.8 Å². The summed E-state index contributed by atoms with van der Waals surface area (Å²) in [6, 6.07) is 0.324. The van der Waals surface area contributed by atoms with Crippen LogP contribution in [0.5, 0.6) is 0 Å². The molecule has 20 heavy (non-hydrogen) atoms. The van der Waals surface area contributed by atoms with E-state index in [1.54, 1.807) is 4.90 Å². The zero-order valence-electron chi connectivity index (χ0n) is 12.3. The number of aromatic nitrogens is 3. The van der Waals surface area contributed by atoms with E-state index in [2.05, 4.69) is 20.5 Å². The average molecular weight is 281 g/mol. The van der Waals surface area contributed by atoms with Crippen molar-refractivity contribution in [2.24, 2.45) is 0 Å². The van der Waals surface area contributed by atoms with E-state index in [0.29, 0.717) is 12.6 Å². The Kier molecular flexibility index (Phi) is 4.59. The lowest BCUT2D eigenvalue weighted by atomic mass is 10.2. The van der Waals surface area contributed by atoms with Crippen LogP contribution in [0.2, 0.25) is 0 Å². The maximum atomic E-state index is 11.9. The fourth-order valence-electron chi connectivity index (χ4n) is 2.17. The van der Waals surface area contributed by atoms with Crippen molar-refractivity contribution in [2.45, 2.75) is 45.3 Å². The molecule has 1 aromatic rings. The number of rotatable bonds is 4. The molecule has 1 saturated heterocycles. The van der Waals surface area contributed by atoms with Crippen LogP contribution < -0.4 is 5.32 Å². The van der Waals surface area contributed by atoms with Gasteiger partial charge in [-0.05, 0) is 27.2 Å². The molecular formula is C13H23N5O2. The molecule has 0 radical (unpaired) electrons. The Morgan fingerprint density at radius 1 is 1.60 bits per heavy atom. The highest BCUT2D eigenvalue weighted by Gasteiger charge is 2.29. The van der Waals surface area contributed by atoms with Gasteiger partial charge in [0, 0.05) is 32.1 Å². The molecule has 0 aliphatic carbocycles. The van der Waals surface area contributed by atoms with Crippen LogP contribution in [-0.2, 0) is 11.2 Å². The van der Waals surface area contributed by atoms with Gasteiger partial charge in [0.05, 0.1) is 0 Å². The van der Waals surface area contributed by atoms with Gasteiger partial charge in [0.1, 0.15) is 17.8 Å². The largest absolute Gasteiger partial charge is 0.444 e. The molecule has 1 unspecified atom stereocenters. The topological polar surface area (TPSA) is 83.1 Å².